The van der Waals surface area contributed by atoms with Gasteiger partial charge in [-0.05, 0) is 47.5 Å². The van der Waals surface area contributed by atoms with Crippen LogP contribution >= 0.6 is 0 Å². The third-order valence-electron chi connectivity index (χ3n) is 4.99. The molecule has 0 radical (unpaired) electrons. The minimum Gasteiger partial charge on any atom is -0.478 e. The van der Waals surface area contributed by atoms with Gasteiger partial charge in [0, 0.05) is 12.1 Å². The van der Waals surface area contributed by atoms with Crippen LogP contribution in [-0.2, 0) is 0 Å². The number of carboxylic acid groups (broad SMARTS) is 8. The monoisotopic (exact) mass is 648 g/mol. The first-order chi connectivity index (χ1) is 21.4. The van der Waals surface area contributed by atoms with Crippen LogP contribution in [0, 0.1) is 0 Å². The summed E-state index contributed by atoms with van der Waals surface area (Å²) < 4.78 is 16.7. The van der Waals surface area contributed by atoms with Crippen molar-refractivity contribution in [3.8, 4) is 34.1 Å². The molecule has 0 atom stereocenters. The van der Waals surface area contributed by atoms with Crippen molar-refractivity contribution < 1.29 is 98.2 Å². The third-order valence-corrected chi connectivity index (χ3v) is 4.99. The summed E-state index contributed by atoms with van der Waals surface area (Å²) >= 11 is 0. The minimum absolute atomic E-state index is 0.0814. The van der Waals surface area contributed by atoms with Crippen LogP contribution in [-0.4, -0.2) is 89.4 Å². The van der Waals surface area contributed by atoms with Crippen molar-refractivity contribution in [2.24, 2.45) is 0 Å². The predicted molar refractivity (Wildman–Crippen MR) is 141 cm³/mol. The first kappa shape index (κ1) is 34.8. The van der Waals surface area contributed by atoms with Gasteiger partial charge in [0.1, 0.15) is 0 Å². The molecule has 0 saturated carbocycles. The first-order valence-corrected chi connectivity index (χ1v) is 11.4. The zero-order valence-corrected chi connectivity index (χ0v) is 22.1. The van der Waals surface area contributed by atoms with Gasteiger partial charge in [0.15, 0.2) is 23.0 Å². The van der Waals surface area contributed by atoms with E-state index >= 15 is 0 Å². The van der Waals surface area contributed by atoms with Crippen LogP contribution in [0.15, 0.2) is 48.5 Å². The fourth-order valence-electron chi connectivity index (χ4n) is 3.30. The van der Waals surface area contributed by atoms with Gasteiger partial charge in [-0.15, -0.1) is 0 Å². The molecule has 8 N–H and O–H groups in total. The largest absolute Gasteiger partial charge is 0.511 e. The van der Waals surface area contributed by atoms with Gasteiger partial charge in [-0.1, -0.05) is 0 Å². The summed E-state index contributed by atoms with van der Waals surface area (Å²) in [4.78, 5) is 86.5. The van der Waals surface area contributed by atoms with Crippen LogP contribution in [0.4, 0.5) is 19.2 Å². The van der Waals surface area contributed by atoms with Gasteiger partial charge >= 0.3 is 48.5 Å². The molecule has 0 aliphatic rings. The Morgan fingerprint density at radius 3 is 0.674 bits per heavy atom. The van der Waals surface area contributed by atoms with Crippen molar-refractivity contribution in [3.05, 3.63) is 70.8 Å². The maximum absolute atomic E-state index is 11.1. The number of hydrogen-bond acceptors (Lipinski definition) is 12. The minimum atomic E-state index is -1.87. The number of aromatic carboxylic acids is 4. The second-order valence-electron chi connectivity index (χ2n) is 8.04. The Morgan fingerprint density at radius 1 is 0.326 bits per heavy atom. The summed E-state index contributed by atoms with van der Waals surface area (Å²) in [6.45, 7) is 0. The molecule has 3 aromatic rings. The van der Waals surface area contributed by atoms with Crippen LogP contribution in [0.2, 0.25) is 0 Å². The van der Waals surface area contributed by atoms with Crippen LogP contribution in [0.3, 0.4) is 0 Å². The van der Waals surface area contributed by atoms with E-state index in [4.69, 9.17) is 40.9 Å². The molecule has 0 bridgehead atoms. The molecule has 0 aliphatic carbocycles. The lowest BCUT2D eigenvalue weighted by molar-refractivity contribution is 0.0676. The summed E-state index contributed by atoms with van der Waals surface area (Å²) in [5, 5.41) is 70.3. The standard InChI is InChI=1S/C16H10O8.C10H6O12/c17-13(18)9-1-7(2-10(5-9)14(19)20)8-3-11(15(21)22)6-12(4-8)16(23)24;11-7(12)19-3-1-4(20-8(13)14)6(22-10(17)18)2-5(3)21-9(15)16/h1-6H,(H,17,18)(H,19,20)(H,21,22)(H,23,24);1-2H,(H,11,12)(H,13,14)(H,15,16)(H,17,18). The van der Waals surface area contributed by atoms with Crippen molar-refractivity contribution in [2.45, 2.75) is 0 Å². The van der Waals surface area contributed by atoms with E-state index in [1.165, 1.54) is 0 Å². The fourth-order valence-corrected chi connectivity index (χ4v) is 3.30. The summed E-state index contributed by atoms with van der Waals surface area (Å²) in [5.41, 5.74) is -1.11. The molecule has 46 heavy (non-hydrogen) atoms. The molecular weight excluding hydrogens is 632 g/mol. The van der Waals surface area contributed by atoms with Crippen molar-refractivity contribution in [3.63, 3.8) is 0 Å². The van der Waals surface area contributed by atoms with E-state index in [1.54, 1.807) is 0 Å². The normalized spacial score (nSPS) is 9.83. The zero-order valence-electron chi connectivity index (χ0n) is 22.1. The first-order valence-electron chi connectivity index (χ1n) is 11.4. The van der Waals surface area contributed by atoms with E-state index in [1.807, 2.05) is 0 Å². The Bertz CT molecular complexity index is 1530. The van der Waals surface area contributed by atoms with Crippen LogP contribution in [0.1, 0.15) is 41.4 Å². The maximum Gasteiger partial charge on any atom is 0.511 e. The zero-order chi connectivity index (χ0) is 34.9. The predicted octanol–water partition coefficient (Wildman–Crippen LogP) is 4.06. The summed E-state index contributed by atoms with van der Waals surface area (Å²) in [6, 6.07) is 7.60. The number of rotatable bonds is 9. The highest BCUT2D eigenvalue weighted by Gasteiger charge is 2.22. The number of ether oxygens (including phenoxy) is 4. The van der Waals surface area contributed by atoms with E-state index in [0.29, 0.717) is 12.1 Å². The van der Waals surface area contributed by atoms with Crippen LogP contribution in [0.25, 0.3) is 11.1 Å². The summed E-state index contributed by atoms with van der Waals surface area (Å²) in [7, 11) is 0. The molecule has 0 unspecified atom stereocenters. The molecular formula is C26H16O20. The lowest BCUT2D eigenvalue weighted by Gasteiger charge is -2.12. The van der Waals surface area contributed by atoms with E-state index < -0.39 is 71.5 Å². The van der Waals surface area contributed by atoms with Gasteiger partial charge in [-0.3, -0.25) is 0 Å². The van der Waals surface area contributed by atoms with Crippen molar-refractivity contribution >= 4 is 48.5 Å². The van der Waals surface area contributed by atoms with Gasteiger partial charge in [0.05, 0.1) is 22.3 Å². The molecule has 0 aromatic heterocycles. The number of hydrogen-bond donors (Lipinski definition) is 8. The Morgan fingerprint density at radius 2 is 0.522 bits per heavy atom. The Balaban J connectivity index is 0.000000322. The highest BCUT2D eigenvalue weighted by molar-refractivity contribution is 5.99. The Hall–Kier alpha value is -7.38. The van der Waals surface area contributed by atoms with Crippen LogP contribution < -0.4 is 18.9 Å². The Kier molecular flexibility index (Phi) is 11.1. The topological polar surface area (TPSA) is 335 Å². The smallest absolute Gasteiger partial charge is 0.478 e. The van der Waals surface area contributed by atoms with Gasteiger partial charge < -0.3 is 59.8 Å². The van der Waals surface area contributed by atoms with Crippen molar-refractivity contribution in [2.75, 3.05) is 0 Å². The van der Waals surface area contributed by atoms with E-state index in [0.717, 1.165) is 36.4 Å². The van der Waals surface area contributed by atoms with Crippen LogP contribution in [0.5, 0.6) is 23.0 Å². The number of benzene rings is 3. The molecule has 3 rings (SSSR count). The SMILES string of the molecule is O=C(O)Oc1cc(OC(=O)O)c(OC(=O)O)cc1OC(=O)O.O=C(O)c1cc(C(=O)O)cc(-c2cc(C(=O)O)cc(C(=O)O)c2)c1. The Labute approximate surface area is 252 Å². The van der Waals surface area contributed by atoms with E-state index in [9.17, 15) is 38.4 Å². The maximum atomic E-state index is 11.1. The van der Waals surface area contributed by atoms with Crippen molar-refractivity contribution in [1.82, 2.24) is 0 Å². The molecule has 0 amide bonds. The number of carboxylic acids is 4. The molecule has 240 valence electrons. The van der Waals surface area contributed by atoms with Crippen molar-refractivity contribution in [1.29, 1.82) is 0 Å². The second-order valence-corrected chi connectivity index (χ2v) is 8.04. The molecule has 0 fully saturated rings. The summed E-state index contributed by atoms with van der Waals surface area (Å²) in [5.74, 6) is -8.51. The molecule has 20 nitrogen and oxygen atoms in total. The lowest BCUT2D eigenvalue weighted by atomic mass is 9.96. The quantitative estimate of drug-likeness (QED) is 0.120. The van der Waals surface area contributed by atoms with Gasteiger partial charge in [-0.2, -0.15) is 0 Å². The van der Waals surface area contributed by atoms with Gasteiger partial charge in [-0.25, -0.2) is 38.4 Å². The number of carbonyl (C=O) groups is 8. The molecule has 20 heteroatoms. The molecule has 0 saturated heterocycles. The third kappa shape index (κ3) is 9.87. The van der Waals surface area contributed by atoms with E-state index in [-0.39, 0.29) is 33.4 Å². The fraction of sp³-hybridized carbons (Fsp3) is 0. The van der Waals surface area contributed by atoms with E-state index in [2.05, 4.69) is 18.9 Å². The van der Waals surface area contributed by atoms with Gasteiger partial charge in [0.25, 0.3) is 0 Å². The molecule has 0 heterocycles. The van der Waals surface area contributed by atoms with Gasteiger partial charge in [0.2, 0.25) is 0 Å². The summed E-state index contributed by atoms with van der Waals surface area (Å²) in [6.07, 6.45) is -7.49. The average Bonchev–Trinajstić information content (AvgIpc) is 2.93. The molecule has 0 spiro atoms. The average molecular weight is 648 g/mol. The lowest BCUT2D eigenvalue weighted by Crippen LogP contribution is -2.12. The molecule has 3 aromatic carbocycles. The highest BCUT2D eigenvalue weighted by atomic mass is 16.7. The highest BCUT2D eigenvalue weighted by Crippen LogP contribution is 2.40. The molecule has 0 aliphatic heterocycles. The second kappa shape index (κ2) is 14.7.